The Hall–Kier alpha value is -2.33. The van der Waals surface area contributed by atoms with Crippen LogP contribution in [0.1, 0.15) is 45.2 Å². The molecule has 0 N–H and O–H groups in total. The summed E-state index contributed by atoms with van der Waals surface area (Å²) in [4.78, 5) is 17.2. The van der Waals surface area contributed by atoms with Crippen LogP contribution in [0.5, 0.6) is 5.75 Å². The first-order valence-corrected chi connectivity index (χ1v) is 9.81. The summed E-state index contributed by atoms with van der Waals surface area (Å²) < 4.78 is 7.58. The van der Waals surface area contributed by atoms with Crippen LogP contribution < -0.4 is 10.4 Å². The van der Waals surface area contributed by atoms with Gasteiger partial charge in [-0.15, -0.1) is 11.6 Å². The van der Waals surface area contributed by atoms with Gasteiger partial charge in [0.15, 0.2) is 0 Å². The number of hydrogen-bond acceptors (Lipinski definition) is 3. The number of fused-ring (bicyclic) bond motifs is 1. The number of benzene rings is 2. The van der Waals surface area contributed by atoms with E-state index in [9.17, 15) is 4.79 Å². The Bertz CT molecular complexity index is 992. The molecule has 0 unspecified atom stereocenters. The molecular weight excluding hydrogens is 360 g/mol. The van der Waals surface area contributed by atoms with Crippen LogP contribution in [0.15, 0.2) is 47.3 Å². The van der Waals surface area contributed by atoms with E-state index in [0.717, 1.165) is 16.5 Å². The number of nitrogens with zero attached hydrogens (tertiary/aromatic N) is 2. The number of hydrogen-bond donors (Lipinski definition) is 0. The Balaban J connectivity index is 2.31. The second kappa shape index (κ2) is 8.13. The van der Waals surface area contributed by atoms with Crippen molar-refractivity contribution in [1.29, 1.82) is 0 Å². The number of aromatic nitrogens is 2. The highest BCUT2D eigenvalue weighted by Crippen LogP contribution is 2.34. The molecule has 4 nitrogen and oxygen atoms in total. The maximum Gasteiger partial charge on any atom is 0.348 e. The van der Waals surface area contributed by atoms with Gasteiger partial charge in [-0.3, -0.25) is 4.57 Å². The summed E-state index contributed by atoms with van der Waals surface area (Å²) in [7, 11) is 0. The van der Waals surface area contributed by atoms with Crippen molar-refractivity contribution in [3.05, 3.63) is 58.5 Å². The number of rotatable bonds is 6. The highest BCUT2D eigenvalue weighted by molar-refractivity contribution is 6.18. The molecule has 5 heteroatoms. The highest BCUT2D eigenvalue weighted by Gasteiger charge is 2.18. The summed E-state index contributed by atoms with van der Waals surface area (Å²) >= 11 is 5.82. The normalized spacial score (nSPS) is 11.5. The van der Waals surface area contributed by atoms with E-state index in [1.165, 1.54) is 5.56 Å². The lowest BCUT2D eigenvalue weighted by atomic mass is 9.99. The quantitative estimate of drug-likeness (QED) is 0.535. The molecule has 0 bridgehead atoms. The van der Waals surface area contributed by atoms with Gasteiger partial charge in [0.05, 0.1) is 22.5 Å². The zero-order valence-electron chi connectivity index (χ0n) is 16.2. The van der Waals surface area contributed by atoms with E-state index in [2.05, 4.69) is 31.0 Å². The van der Waals surface area contributed by atoms with Gasteiger partial charge in [0.25, 0.3) is 0 Å². The van der Waals surface area contributed by atoms with Crippen molar-refractivity contribution >= 4 is 22.5 Å². The maximum atomic E-state index is 12.8. The molecule has 0 saturated heterocycles. The van der Waals surface area contributed by atoms with Crippen molar-refractivity contribution in [2.45, 2.75) is 39.7 Å². The minimum Gasteiger partial charge on any atom is -0.492 e. The molecular formula is C22H25ClN2O2. The van der Waals surface area contributed by atoms with E-state index in [0.29, 0.717) is 29.8 Å². The van der Waals surface area contributed by atoms with Crippen LogP contribution in [0.3, 0.4) is 0 Å². The summed E-state index contributed by atoms with van der Waals surface area (Å²) in [6, 6.07) is 14.0. The van der Waals surface area contributed by atoms with E-state index in [1.807, 2.05) is 44.2 Å². The first kappa shape index (κ1) is 19.4. The van der Waals surface area contributed by atoms with E-state index in [1.54, 1.807) is 4.57 Å². The standard InChI is InChI=1S/C22H25ClN2O2/c1-14(2)16-8-10-17(11-9-16)21-20-18(25(15(3)4)22(26)24-21)6-5-7-19(20)27-13-12-23/h5-11,14-15H,12-13H2,1-4H3. The Kier molecular flexibility index (Phi) is 5.85. The Morgan fingerprint density at radius 1 is 1.07 bits per heavy atom. The molecule has 0 aliphatic rings. The molecule has 27 heavy (non-hydrogen) atoms. The minimum absolute atomic E-state index is 0.00635. The van der Waals surface area contributed by atoms with Gasteiger partial charge in [-0.05, 0) is 37.5 Å². The highest BCUT2D eigenvalue weighted by atomic mass is 35.5. The van der Waals surface area contributed by atoms with Gasteiger partial charge in [0, 0.05) is 11.6 Å². The molecule has 142 valence electrons. The topological polar surface area (TPSA) is 44.1 Å². The number of ether oxygens (including phenoxy) is 1. The molecule has 3 rings (SSSR count). The van der Waals surface area contributed by atoms with Gasteiger partial charge < -0.3 is 4.74 Å². The monoisotopic (exact) mass is 384 g/mol. The van der Waals surface area contributed by atoms with Crippen molar-refractivity contribution < 1.29 is 4.74 Å². The molecule has 1 heterocycles. The van der Waals surface area contributed by atoms with E-state index in [4.69, 9.17) is 16.3 Å². The van der Waals surface area contributed by atoms with Crippen molar-refractivity contribution in [3.63, 3.8) is 0 Å². The summed E-state index contributed by atoms with van der Waals surface area (Å²) in [5.74, 6) is 1.53. The largest absolute Gasteiger partial charge is 0.492 e. The average Bonchev–Trinajstić information content (AvgIpc) is 2.65. The lowest BCUT2D eigenvalue weighted by molar-refractivity contribution is 0.346. The third kappa shape index (κ3) is 3.86. The fraction of sp³-hybridized carbons (Fsp3) is 0.364. The zero-order valence-corrected chi connectivity index (χ0v) is 17.0. The lowest BCUT2D eigenvalue weighted by Gasteiger charge is -2.18. The van der Waals surface area contributed by atoms with Crippen LogP contribution in [0, 0.1) is 0 Å². The third-order valence-corrected chi connectivity index (χ3v) is 4.77. The molecule has 0 aliphatic carbocycles. The van der Waals surface area contributed by atoms with Gasteiger partial charge in [-0.1, -0.05) is 44.2 Å². The molecule has 0 aliphatic heterocycles. The van der Waals surface area contributed by atoms with E-state index < -0.39 is 0 Å². The first-order chi connectivity index (χ1) is 12.9. The molecule has 3 aromatic rings. The SMILES string of the molecule is CC(C)c1ccc(-c2nc(=O)n(C(C)C)c3cccc(OCCCl)c23)cc1. The van der Waals surface area contributed by atoms with Gasteiger partial charge >= 0.3 is 5.69 Å². The van der Waals surface area contributed by atoms with Gasteiger partial charge in [-0.25, -0.2) is 4.79 Å². The number of alkyl halides is 1. The van der Waals surface area contributed by atoms with Gasteiger partial charge in [0.1, 0.15) is 12.4 Å². The fourth-order valence-electron chi connectivity index (χ4n) is 3.27. The van der Waals surface area contributed by atoms with Crippen molar-refractivity contribution in [2.24, 2.45) is 0 Å². The third-order valence-electron chi connectivity index (χ3n) is 4.62. The maximum absolute atomic E-state index is 12.8. The van der Waals surface area contributed by atoms with E-state index >= 15 is 0 Å². The predicted molar refractivity (Wildman–Crippen MR) is 112 cm³/mol. The van der Waals surface area contributed by atoms with Crippen LogP contribution in [0.25, 0.3) is 22.2 Å². The minimum atomic E-state index is -0.255. The van der Waals surface area contributed by atoms with Crippen LogP contribution in [0.4, 0.5) is 0 Å². The zero-order chi connectivity index (χ0) is 19.6. The second-order valence-electron chi connectivity index (χ2n) is 7.17. The molecule has 0 atom stereocenters. The number of halogens is 1. The van der Waals surface area contributed by atoms with Crippen LogP contribution in [0.2, 0.25) is 0 Å². The Labute approximate surface area is 164 Å². The molecule has 0 amide bonds. The van der Waals surface area contributed by atoms with Crippen LogP contribution >= 0.6 is 11.6 Å². The summed E-state index contributed by atoms with van der Waals surface area (Å²) in [6.45, 7) is 8.67. The smallest absolute Gasteiger partial charge is 0.348 e. The summed E-state index contributed by atoms with van der Waals surface area (Å²) in [5.41, 5.74) is 3.36. The fourth-order valence-corrected chi connectivity index (χ4v) is 3.35. The average molecular weight is 385 g/mol. The van der Waals surface area contributed by atoms with Crippen molar-refractivity contribution in [2.75, 3.05) is 12.5 Å². The molecule has 0 saturated carbocycles. The first-order valence-electron chi connectivity index (χ1n) is 9.28. The molecule has 1 aromatic heterocycles. The molecule has 0 fully saturated rings. The van der Waals surface area contributed by atoms with Crippen LogP contribution in [-0.4, -0.2) is 22.0 Å². The lowest BCUT2D eigenvalue weighted by Crippen LogP contribution is -2.25. The van der Waals surface area contributed by atoms with Crippen LogP contribution in [-0.2, 0) is 0 Å². The van der Waals surface area contributed by atoms with Crippen molar-refractivity contribution in [1.82, 2.24) is 9.55 Å². The Morgan fingerprint density at radius 2 is 1.78 bits per heavy atom. The summed E-state index contributed by atoms with van der Waals surface area (Å²) in [6.07, 6.45) is 0. The molecule has 2 aromatic carbocycles. The molecule has 0 spiro atoms. The molecule has 0 radical (unpaired) electrons. The van der Waals surface area contributed by atoms with Crippen molar-refractivity contribution in [3.8, 4) is 17.0 Å². The van der Waals surface area contributed by atoms with E-state index in [-0.39, 0.29) is 11.7 Å². The van der Waals surface area contributed by atoms with Gasteiger partial charge in [0.2, 0.25) is 0 Å². The van der Waals surface area contributed by atoms with Gasteiger partial charge in [-0.2, -0.15) is 4.98 Å². The summed E-state index contributed by atoms with van der Waals surface area (Å²) in [5, 5.41) is 0.841. The second-order valence-corrected chi connectivity index (χ2v) is 7.55. The Morgan fingerprint density at radius 3 is 2.37 bits per heavy atom. The predicted octanol–water partition coefficient (Wildman–Crippen LogP) is 5.39.